The molecule has 36 heavy (non-hydrogen) atoms. The van der Waals surface area contributed by atoms with Crippen LogP contribution in [0.25, 0.3) is 0 Å². The molecular formula is C32H44O4. The molecule has 0 aromatic rings. The summed E-state index contributed by atoms with van der Waals surface area (Å²) in [6, 6.07) is 0. The van der Waals surface area contributed by atoms with E-state index in [0.717, 1.165) is 51.4 Å². The van der Waals surface area contributed by atoms with E-state index in [4.69, 9.17) is 18.9 Å². The van der Waals surface area contributed by atoms with E-state index in [1.165, 1.54) is 22.3 Å². The molecule has 4 bridgehead atoms. The van der Waals surface area contributed by atoms with E-state index in [2.05, 4.69) is 75.7 Å². The molecular weight excluding hydrogens is 448 g/mol. The first kappa shape index (κ1) is 28.5. The predicted molar refractivity (Wildman–Crippen MR) is 146 cm³/mol. The lowest BCUT2D eigenvalue weighted by atomic mass is 10.1. The van der Waals surface area contributed by atoms with Gasteiger partial charge in [0.1, 0.15) is 13.2 Å². The Bertz CT molecular complexity index is 868. The fourth-order valence-corrected chi connectivity index (χ4v) is 4.72. The van der Waals surface area contributed by atoms with Crippen molar-refractivity contribution in [1.82, 2.24) is 0 Å². The molecule has 0 fully saturated rings. The molecule has 4 nitrogen and oxygen atoms in total. The lowest BCUT2D eigenvalue weighted by molar-refractivity contribution is 0.0737. The molecule has 0 amide bonds. The van der Waals surface area contributed by atoms with Crippen molar-refractivity contribution >= 4 is 0 Å². The molecule has 3 aliphatic rings. The zero-order valence-corrected chi connectivity index (χ0v) is 22.7. The highest BCUT2D eigenvalue weighted by atomic mass is 16.5. The van der Waals surface area contributed by atoms with Gasteiger partial charge in [-0.15, -0.1) is 11.8 Å². The Hall–Kier alpha value is -2.08. The van der Waals surface area contributed by atoms with Gasteiger partial charge in [0.15, 0.2) is 0 Å². The second-order valence-electron chi connectivity index (χ2n) is 10.2. The molecule has 0 saturated heterocycles. The van der Waals surface area contributed by atoms with Gasteiger partial charge in [0.25, 0.3) is 0 Å². The Labute approximate surface area is 219 Å². The summed E-state index contributed by atoms with van der Waals surface area (Å²) in [5.74, 6) is 12.8. The Balaban J connectivity index is 1.51. The highest BCUT2D eigenvalue weighted by Crippen LogP contribution is 2.26. The third kappa shape index (κ3) is 10.5. The molecule has 0 unspecified atom stereocenters. The molecule has 0 aromatic carbocycles. The lowest BCUT2D eigenvalue weighted by Gasteiger charge is -2.14. The Morgan fingerprint density at radius 2 is 1.03 bits per heavy atom. The summed E-state index contributed by atoms with van der Waals surface area (Å²) in [7, 11) is 0. The number of hydrogen-bond acceptors (Lipinski definition) is 4. The Morgan fingerprint density at radius 1 is 0.583 bits per heavy atom. The quantitative estimate of drug-likeness (QED) is 0.286. The molecule has 3 heterocycles. The van der Waals surface area contributed by atoms with Crippen LogP contribution in [-0.2, 0) is 18.9 Å². The fraction of sp³-hybridized carbons (Fsp3) is 0.625. The van der Waals surface area contributed by atoms with Gasteiger partial charge >= 0.3 is 0 Å². The van der Waals surface area contributed by atoms with Crippen molar-refractivity contribution in [3.63, 3.8) is 0 Å². The smallest absolute Gasteiger partial charge is 0.108 e. The molecule has 3 aliphatic heterocycles. The highest BCUT2D eigenvalue weighted by molar-refractivity contribution is 5.22. The molecule has 3 rings (SSSR count). The lowest BCUT2D eigenvalue weighted by Crippen LogP contribution is -2.13. The van der Waals surface area contributed by atoms with Gasteiger partial charge in [-0.25, -0.2) is 0 Å². The van der Waals surface area contributed by atoms with E-state index < -0.39 is 0 Å². The fourth-order valence-electron chi connectivity index (χ4n) is 4.72. The highest BCUT2D eigenvalue weighted by Gasteiger charge is 2.23. The topological polar surface area (TPSA) is 36.9 Å². The van der Waals surface area contributed by atoms with Crippen LogP contribution < -0.4 is 0 Å². The van der Waals surface area contributed by atoms with E-state index in [1.54, 1.807) is 0 Å². The van der Waals surface area contributed by atoms with Gasteiger partial charge in [-0.3, -0.25) is 0 Å². The summed E-state index contributed by atoms with van der Waals surface area (Å²) >= 11 is 0. The van der Waals surface area contributed by atoms with Crippen molar-refractivity contribution in [3.05, 3.63) is 46.6 Å². The summed E-state index contributed by atoms with van der Waals surface area (Å²) in [6.45, 7) is 10.7. The molecule has 0 N–H and O–H groups in total. The molecule has 196 valence electrons. The van der Waals surface area contributed by atoms with E-state index in [-0.39, 0.29) is 24.4 Å². The Kier molecular flexibility index (Phi) is 12.6. The minimum atomic E-state index is 0.0450. The van der Waals surface area contributed by atoms with E-state index in [1.807, 2.05) is 0 Å². The van der Waals surface area contributed by atoms with E-state index in [9.17, 15) is 0 Å². The van der Waals surface area contributed by atoms with Crippen LogP contribution >= 0.6 is 0 Å². The molecule has 4 heteroatoms. The van der Waals surface area contributed by atoms with Crippen LogP contribution in [0, 0.1) is 23.7 Å². The third-order valence-electron chi connectivity index (χ3n) is 6.70. The maximum Gasteiger partial charge on any atom is 0.108 e. The SMILES string of the molecule is CC1=C[C@@H]2/C=C(\C)COCC#CCCCC[C@H]3O[C@@H](C=C3C)/C=C(\C)COCC#CCCCC[C@@H]1O2. The van der Waals surface area contributed by atoms with Gasteiger partial charge in [0.05, 0.1) is 37.6 Å². The molecule has 0 aromatic heterocycles. The van der Waals surface area contributed by atoms with Crippen molar-refractivity contribution in [2.75, 3.05) is 26.4 Å². The average molecular weight is 493 g/mol. The predicted octanol–water partition coefficient (Wildman–Crippen LogP) is 6.48. The van der Waals surface area contributed by atoms with Crippen LogP contribution in [0.15, 0.2) is 46.6 Å². The maximum absolute atomic E-state index is 6.23. The number of rotatable bonds is 0. The minimum Gasteiger partial charge on any atom is -0.364 e. The minimum absolute atomic E-state index is 0.0450. The first-order valence-corrected chi connectivity index (χ1v) is 13.6. The second kappa shape index (κ2) is 15.9. The van der Waals surface area contributed by atoms with Crippen LogP contribution in [0.1, 0.15) is 79.1 Å². The van der Waals surface area contributed by atoms with Crippen LogP contribution in [-0.4, -0.2) is 50.8 Å². The summed E-state index contributed by atoms with van der Waals surface area (Å²) in [5, 5.41) is 0. The van der Waals surface area contributed by atoms with Crippen molar-refractivity contribution in [1.29, 1.82) is 0 Å². The van der Waals surface area contributed by atoms with Gasteiger partial charge in [-0.05, 0) is 88.5 Å². The van der Waals surface area contributed by atoms with Crippen molar-refractivity contribution in [2.45, 2.75) is 103 Å². The normalized spacial score (nSPS) is 32.6. The van der Waals surface area contributed by atoms with Gasteiger partial charge < -0.3 is 18.9 Å². The zero-order chi connectivity index (χ0) is 25.6. The average Bonchev–Trinajstić information content (AvgIpc) is 3.36. The zero-order valence-electron chi connectivity index (χ0n) is 22.7. The summed E-state index contributed by atoms with van der Waals surface area (Å²) in [6.07, 6.45) is 17.6. The van der Waals surface area contributed by atoms with Gasteiger partial charge in [0.2, 0.25) is 0 Å². The van der Waals surface area contributed by atoms with Gasteiger partial charge in [-0.1, -0.05) is 36.1 Å². The van der Waals surface area contributed by atoms with E-state index >= 15 is 0 Å². The standard InChI is InChI=1S/C32H44O4/c1-25-19-29-21-27(3)31(35-29)15-11-8-6-10-14-18-34-24-26(2)20-30-22-28(4)32(36-30)16-12-7-5-9-13-17-33-23-25/h19-22,29-32H,5-8,11-12,15-18,23-24H2,1-4H3/b25-19+,26-20+/t29-,30+,31-,32+. The molecule has 4 atom stereocenters. The van der Waals surface area contributed by atoms with Gasteiger partial charge in [0, 0.05) is 12.8 Å². The molecule has 0 aliphatic carbocycles. The summed E-state index contributed by atoms with van der Waals surface area (Å²) in [5.41, 5.74) is 5.01. The monoisotopic (exact) mass is 492 g/mol. The maximum atomic E-state index is 6.23. The number of ether oxygens (including phenoxy) is 4. The summed E-state index contributed by atoms with van der Waals surface area (Å²) < 4.78 is 24.0. The van der Waals surface area contributed by atoms with Crippen LogP contribution in [0.4, 0.5) is 0 Å². The third-order valence-corrected chi connectivity index (χ3v) is 6.70. The van der Waals surface area contributed by atoms with E-state index in [0.29, 0.717) is 26.4 Å². The molecule has 0 radical (unpaired) electrons. The molecule has 0 saturated carbocycles. The van der Waals surface area contributed by atoms with Crippen LogP contribution in [0.3, 0.4) is 0 Å². The first-order valence-electron chi connectivity index (χ1n) is 13.6. The number of fused-ring (bicyclic) bond motifs is 4. The van der Waals surface area contributed by atoms with Crippen molar-refractivity contribution in [2.24, 2.45) is 0 Å². The Morgan fingerprint density at radius 3 is 1.47 bits per heavy atom. The van der Waals surface area contributed by atoms with Crippen LogP contribution in [0.2, 0.25) is 0 Å². The summed E-state index contributed by atoms with van der Waals surface area (Å²) in [4.78, 5) is 0. The first-order chi connectivity index (χ1) is 17.5. The number of hydrogen-bond donors (Lipinski definition) is 0. The van der Waals surface area contributed by atoms with Crippen LogP contribution in [0.5, 0.6) is 0 Å². The molecule has 0 spiro atoms. The second-order valence-corrected chi connectivity index (χ2v) is 10.2. The van der Waals surface area contributed by atoms with Crippen molar-refractivity contribution < 1.29 is 18.9 Å². The van der Waals surface area contributed by atoms with Gasteiger partial charge in [-0.2, -0.15) is 0 Å². The van der Waals surface area contributed by atoms with Crippen molar-refractivity contribution in [3.8, 4) is 23.7 Å². The largest absolute Gasteiger partial charge is 0.364 e.